The molecule has 0 aromatic heterocycles. The van der Waals surface area contributed by atoms with E-state index in [-0.39, 0.29) is 12.0 Å². The van der Waals surface area contributed by atoms with E-state index in [0.29, 0.717) is 35.4 Å². The van der Waals surface area contributed by atoms with Crippen molar-refractivity contribution in [1.29, 1.82) is 0 Å². The molecule has 0 radical (unpaired) electrons. The number of aliphatic hydroxyl groups excluding tert-OH is 4. The van der Waals surface area contributed by atoms with E-state index in [1.165, 1.54) is 0 Å². The molecule has 1 fully saturated rings. The molecule has 2 aromatic carbocycles. The second-order valence-electron chi connectivity index (χ2n) is 8.19. The molecule has 3 heterocycles. The summed E-state index contributed by atoms with van der Waals surface area (Å²) in [5.74, 6) is 2.60. The lowest BCUT2D eigenvalue weighted by molar-refractivity contribution is -0.277. The third-order valence-corrected chi connectivity index (χ3v) is 6.35. The molecule has 0 aliphatic carbocycles. The zero-order valence-electron chi connectivity index (χ0n) is 18.1. The molecule has 0 saturated carbocycles. The monoisotopic (exact) mass is 462 g/mol. The standard InChI is InChI=1S/C23H26O10/c1-28-14-6-5-11-13-9-30-15-7-10(3-4-12(15)20(13)33-21(11)22(14)29-2)31-23-19(27)18(26)17(25)16(8-24)32-23/h3-7,13,16-20,23-27H,8-9H2,1-2H3/t13?,16-,17-,18+,19-,20?,23-/m1/s1. The third kappa shape index (κ3) is 3.54. The second-order valence-corrected chi connectivity index (χ2v) is 8.19. The molecular formula is C23H26O10. The maximum absolute atomic E-state index is 10.2. The van der Waals surface area contributed by atoms with Crippen LogP contribution in [0.15, 0.2) is 30.3 Å². The van der Waals surface area contributed by atoms with Gasteiger partial charge < -0.3 is 48.8 Å². The van der Waals surface area contributed by atoms with Gasteiger partial charge in [0.15, 0.2) is 11.5 Å². The Bertz CT molecular complexity index is 1020. The van der Waals surface area contributed by atoms with Crippen molar-refractivity contribution >= 4 is 0 Å². The summed E-state index contributed by atoms with van der Waals surface area (Å²) in [6.07, 6.45) is -7.09. The molecule has 4 N–H and O–H groups in total. The van der Waals surface area contributed by atoms with Gasteiger partial charge in [-0.1, -0.05) is 6.07 Å². The van der Waals surface area contributed by atoms with E-state index in [0.717, 1.165) is 11.1 Å². The summed E-state index contributed by atoms with van der Waals surface area (Å²) in [5.41, 5.74) is 1.80. The van der Waals surface area contributed by atoms with E-state index >= 15 is 0 Å². The van der Waals surface area contributed by atoms with Gasteiger partial charge in [-0.2, -0.15) is 0 Å². The zero-order valence-corrected chi connectivity index (χ0v) is 18.1. The second kappa shape index (κ2) is 8.54. The average Bonchev–Trinajstić information content (AvgIpc) is 3.22. The first-order chi connectivity index (χ1) is 16.0. The maximum Gasteiger partial charge on any atom is 0.229 e. The third-order valence-electron chi connectivity index (χ3n) is 6.35. The molecule has 3 aliphatic rings. The molecule has 0 spiro atoms. The normalized spacial score (nSPS) is 32.0. The Kier molecular flexibility index (Phi) is 5.71. The van der Waals surface area contributed by atoms with E-state index in [4.69, 9.17) is 28.4 Å². The van der Waals surface area contributed by atoms with Crippen LogP contribution < -0.4 is 23.7 Å². The fourth-order valence-electron chi connectivity index (χ4n) is 4.58. The number of hydrogen-bond acceptors (Lipinski definition) is 10. The fourth-order valence-corrected chi connectivity index (χ4v) is 4.58. The number of ether oxygens (including phenoxy) is 6. The Hall–Kier alpha value is -2.76. The number of rotatable bonds is 5. The van der Waals surface area contributed by atoms with Crippen LogP contribution in [-0.4, -0.2) is 78.6 Å². The Balaban J connectivity index is 1.38. The van der Waals surface area contributed by atoms with E-state index in [2.05, 4.69) is 0 Å². The summed E-state index contributed by atoms with van der Waals surface area (Å²) in [7, 11) is 3.14. The molecule has 33 heavy (non-hydrogen) atoms. The minimum Gasteiger partial charge on any atom is -0.493 e. The summed E-state index contributed by atoms with van der Waals surface area (Å²) in [5, 5.41) is 39.5. The SMILES string of the molecule is COc1ccc2c(c1OC)OC1c3ccc(O[C@@H]4O[C@H](CO)[C@@H](O)[C@H](O)[C@H]4O)cc3OCC21. The summed E-state index contributed by atoms with van der Waals surface area (Å²) < 4.78 is 34.3. The number of methoxy groups -OCH3 is 2. The van der Waals surface area contributed by atoms with Crippen LogP contribution in [0.5, 0.6) is 28.7 Å². The molecule has 10 heteroatoms. The summed E-state index contributed by atoms with van der Waals surface area (Å²) in [6.45, 7) is -0.156. The first kappa shape index (κ1) is 22.1. The van der Waals surface area contributed by atoms with Crippen molar-refractivity contribution in [1.82, 2.24) is 0 Å². The molecule has 7 atom stereocenters. The highest BCUT2D eigenvalue weighted by Crippen LogP contribution is 2.56. The van der Waals surface area contributed by atoms with Crippen LogP contribution in [0, 0.1) is 0 Å². The van der Waals surface area contributed by atoms with Crippen LogP contribution in [0.2, 0.25) is 0 Å². The summed E-state index contributed by atoms with van der Waals surface area (Å²) >= 11 is 0. The summed E-state index contributed by atoms with van der Waals surface area (Å²) in [6, 6.07) is 8.93. The first-order valence-electron chi connectivity index (χ1n) is 10.6. The molecule has 178 valence electrons. The Morgan fingerprint density at radius 2 is 1.76 bits per heavy atom. The van der Waals surface area contributed by atoms with Crippen LogP contribution in [0.1, 0.15) is 23.1 Å². The van der Waals surface area contributed by atoms with E-state index < -0.39 is 37.3 Å². The van der Waals surface area contributed by atoms with Gasteiger partial charge in [-0.3, -0.25) is 0 Å². The van der Waals surface area contributed by atoms with Crippen molar-refractivity contribution in [3.63, 3.8) is 0 Å². The number of benzene rings is 2. The molecule has 0 bridgehead atoms. The summed E-state index contributed by atoms with van der Waals surface area (Å²) in [4.78, 5) is 0. The molecule has 3 aliphatic heterocycles. The van der Waals surface area contributed by atoms with Crippen molar-refractivity contribution in [2.45, 2.75) is 42.7 Å². The largest absolute Gasteiger partial charge is 0.493 e. The molecule has 0 amide bonds. The van der Waals surface area contributed by atoms with Crippen molar-refractivity contribution in [3.8, 4) is 28.7 Å². The minimum atomic E-state index is -1.52. The van der Waals surface area contributed by atoms with E-state index in [1.54, 1.807) is 32.4 Å². The van der Waals surface area contributed by atoms with Crippen molar-refractivity contribution in [2.75, 3.05) is 27.4 Å². The highest BCUT2D eigenvalue weighted by molar-refractivity contribution is 5.61. The maximum atomic E-state index is 10.2. The average molecular weight is 462 g/mol. The minimum absolute atomic E-state index is 0.0236. The van der Waals surface area contributed by atoms with Gasteiger partial charge in [-0.25, -0.2) is 0 Å². The van der Waals surface area contributed by atoms with Gasteiger partial charge in [0, 0.05) is 17.2 Å². The van der Waals surface area contributed by atoms with E-state index in [9.17, 15) is 20.4 Å². The molecule has 5 rings (SSSR count). The lowest BCUT2D eigenvalue weighted by atomic mass is 9.89. The number of hydrogen-bond donors (Lipinski definition) is 4. The van der Waals surface area contributed by atoms with Crippen LogP contribution in [0.25, 0.3) is 0 Å². The van der Waals surface area contributed by atoms with Gasteiger partial charge in [0.1, 0.15) is 42.0 Å². The lowest BCUT2D eigenvalue weighted by Crippen LogP contribution is -2.60. The molecular weight excluding hydrogens is 436 g/mol. The van der Waals surface area contributed by atoms with Crippen molar-refractivity contribution in [3.05, 3.63) is 41.5 Å². The van der Waals surface area contributed by atoms with Gasteiger partial charge in [-0.05, 0) is 18.2 Å². The van der Waals surface area contributed by atoms with Crippen LogP contribution in [0.3, 0.4) is 0 Å². The topological polar surface area (TPSA) is 136 Å². The predicted octanol–water partition coefficient (Wildman–Crippen LogP) is 0.492. The van der Waals surface area contributed by atoms with Crippen molar-refractivity contribution in [2.24, 2.45) is 0 Å². The first-order valence-corrected chi connectivity index (χ1v) is 10.6. The van der Waals surface area contributed by atoms with Crippen LogP contribution in [0.4, 0.5) is 0 Å². The quantitative estimate of drug-likeness (QED) is 0.497. The molecule has 10 nitrogen and oxygen atoms in total. The molecule has 2 unspecified atom stereocenters. The Labute approximate surface area is 189 Å². The van der Waals surface area contributed by atoms with E-state index in [1.807, 2.05) is 12.1 Å². The highest BCUT2D eigenvalue weighted by Gasteiger charge is 2.46. The number of fused-ring (bicyclic) bond motifs is 5. The lowest BCUT2D eigenvalue weighted by Gasteiger charge is -2.39. The van der Waals surface area contributed by atoms with Gasteiger partial charge in [0.25, 0.3) is 0 Å². The van der Waals surface area contributed by atoms with Gasteiger partial charge in [0.05, 0.1) is 33.4 Å². The van der Waals surface area contributed by atoms with Gasteiger partial charge >= 0.3 is 0 Å². The number of aliphatic hydroxyl groups is 4. The predicted molar refractivity (Wildman–Crippen MR) is 112 cm³/mol. The molecule has 1 saturated heterocycles. The smallest absolute Gasteiger partial charge is 0.229 e. The van der Waals surface area contributed by atoms with Gasteiger partial charge in [-0.15, -0.1) is 0 Å². The molecule has 2 aromatic rings. The highest BCUT2D eigenvalue weighted by atomic mass is 16.7. The van der Waals surface area contributed by atoms with Crippen molar-refractivity contribution < 1.29 is 48.8 Å². The van der Waals surface area contributed by atoms with Crippen LogP contribution in [-0.2, 0) is 4.74 Å². The Morgan fingerprint density at radius 1 is 0.970 bits per heavy atom. The Morgan fingerprint density at radius 3 is 2.48 bits per heavy atom. The van der Waals surface area contributed by atoms with Crippen LogP contribution >= 0.6 is 0 Å². The van der Waals surface area contributed by atoms with Gasteiger partial charge in [0.2, 0.25) is 12.0 Å². The zero-order chi connectivity index (χ0) is 23.3. The fraction of sp³-hybridized carbons (Fsp3) is 0.478.